The number of aliphatic carboxylic acids is 1. The van der Waals surface area contributed by atoms with Gasteiger partial charge in [0.1, 0.15) is 0 Å². The molecule has 0 saturated heterocycles. The number of para-hydroxylation sites is 1. The van der Waals surface area contributed by atoms with Gasteiger partial charge in [0.15, 0.2) is 4.34 Å². The molecule has 0 bridgehead atoms. The number of nitrogens with one attached hydrogen (secondary N) is 1. The van der Waals surface area contributed by atoms with Gasteiger partial charge >= 0.3 is 5.97 Å². The zero-order chi connectivity index (χ0) is 15.5. The zero-order valence-electron chi connectivity index (χ0n) is 11.8. The number of rotatable bonds is 6. The molecule has 1 aromatic carbocycles. The van der Waals surface area contributed by atoms with Gasteiger partial charge in [-0.3, -0.25) is 9.59 Å². The maximum Gasteiger partial charge on any atom is 0.305 e. The number of carbonyl (C=O) groups is 2. The van der Waals surface area contributed by atoms with Gasteiger partial charge in [-0.05, 0) is 26.0 Å². The van der Waals surface area contributed by atoms with Gasteiger partial charge in [0, 0.05) is 5.54 Å². The van der Waals surface area contributed by atoms with Crippen LogP contribution in [0.1, 0.15) is 20.3 Å². The zero-order valence-corrected chi connectivity index (χ0v) is 13.4. The normalized spacial score (nSPS) is 11.5. The second-order valence-corrected chi connectivity index (χ2v) is 7.49. The van der Waals surface area contributed by atoms with Gasteiger partial charge in [0.05, 0.1) is 22.4 Å². The average Bonchev–Trinajstić information content (AvgIpc) is 2.76. The summed E-state index contributed by atoms with van der Waals surface area (Å²) in [7, 11) is 0. The van der Waals surface area contributed by atoms with Crippen molar-refractivity contribution >= 4 is 45.2 Å². The van der Waals surface area contributed by atoms with Gasteiger partial charge in [0.2, 0.25) is 5.91 Å². The fourth-order valence-corrected chi connectivity index (χ4v) is 3.74. The van der Waals surface area contributed by atoms with Crippen LogP contribution in [0.4, 0.5) is 0 Å². The van der Waals surface area contributed by atoms with Crippen LogP contribution in [0.15, 0.2) is 28.6 Å². The number of carboxylic acids is 1. The van der Waals surface area contributed by atoms with E-state index in [1.807, 2.05) is 24.3 Å². The number of nitrogens with zero attached hydrogens (tertiary/aromatic N) is 1. The van der Waals surface area contributed by atoms with Crippen LogP contribution in [0.5, 0.6) is 0 Å². The van der Waals surface area contributed by atoms with E-state index in [4.69, 9.17) is 5.11 Å². The highest BCUT2D eigenvalue weighted by molar-refractivity contribution is 8.01. The van der Waals surface area contributed by atoms with Crippen molar-refractivity contribution in [1.29, 1.82) is 0 Å². The molecule has 0 spiro atoms. The molecule has 1 amide bonds. The van der Waals surface area contributed by atoms with Crippen molar-refractivity contribution in [2.45, 2.75) is 30.1 Å². The Morgan fingerprint density at radius 3 is 2.76 bits per heavy atom. The monoisotopic (exact) mass is 324 g/mol. The van der Waals surface area contributed by atoms with Crippen LogP contribution in [-0.4, -0.2) is 33.3 Å². The summed E-state index contributed by atoms with van der Waals surface area (Å²) >= 11 is 2.91. The SMILES string of the molecule is CC(C)(CC(=O)O)NC(=O)CSc1nc2ccccc2s1. The Labute approximate surface area is 130 Å². The topological polar surface area (TPSA) is 79.3 Å². The van der Waals surface area contributed by atoms with Crippen molar-refractivity contribution in [1.82, 2.24) is 10.3 Å². The van der Waals surface area contributed by atoms with Gasteiger partial charge in [0.25, 0.3) is 0 Å². The van der Waals surface area contributed by atoms with Gasteiger partial charge in [-0.15, -0.1) is 11.3 Å². The summed E-state index contributed by atoms with van der Waals surface area (Å²) < 4.78 is 1.93. The summed E-state index contributed by atoms with van der Waals surface area (Å²) in [6.45, 7) is 3.39. The van der Waals surface area contributed by atoms with E-state index < -0.39 is 11.5 Å². The molecule has 1 heterocycles. The van der Waals surface area contributed by atoms with E-state index in [2.05, 4.69) is 10.3 Å². The predicted octanol–water partition coefficient (Wildman–Crippen LogP) is 2.76. The van der Waals surface area contributed by atoms with Gasteiger partial charge < -0.3 is 10.4 Å². The Balaban J connectivity index is 1.90. The lowest BCUT2D eigenvalue weighted by Gasteiger charge is -2.23. The highest BCUT2D eigenvalue weighted by Gasteiger charge is 2.23. The van der Waals surface area contributed by atoms with E-state index in [0.717, 1.165) is 14.6 Å². The van der Waals surface area contributed by atoms with Crippen LogP contribution in [0.3, 0.4) is 0 Å². The first-order chi connectivity index (χ1) is 9.85. The summed E-state index contributed by atoms with van der Waals surface area (Å²) in [5.74, 6) is -0.896. The lowest BCUT2D eigenvalue weighted by atomic mass is 10.0. The van der Waals surface area contributed by atoms with Gasteiger partial charge in [-0.1, -0.05) is 23.9 Å². The molecule has 0 unspecified atom stereocenters. The Hall–Kier alpha value is -1.60. The van der Waals surface area contributed by atoms with E-state index in [0.29, 0.717) is 0 Å². The van der Waals surface area contributed by atoms with Crippen LogP contribution in [0, 0.1) is 0 Å². The predicted molar refractivity (Wildman–Crippen MR) is 84.8 cm³/mol. The Kier molecular flexibility index (Phi) is 4.84. The Morgan fingerprint density at radius 2 is 2.10 bits per heavy atom. The summed E-state index contributed by atoms with van der Waals surface area (Å²) in [5.41, 5.74) is 0.175. The first-order valence-electron chi connectivity index (χ1n) is 6.37. The largest absolute Gasteiger partial charge is 0.481 e. The van der Waals surface area contributed by atoms with Crippen LogP contribution >= 0.6 is 23.1 Å². The molecule has 112 valence electrons. The molecule has 7 heteroatoms. The fraction of sp³-hybridized carbons (Fsp3) is 0.357. The summed E-state index contributed by atoms with van der Waals surface area (Å²) in [6, 6.07) is 7.81. The number of carbonyl (C=O) groups excluding carboxylic acids is 1. The fourth-order valence-electron chi connectivity index (χ4n) is 1.88. The molecule has 1 aromatic heterocycles. The molecule has 0 radical (unpaired) electrons. The highest BCUT2D eigenvalue weighted by atomic mass is 32.2. The second-order valence-electron chi connectivity index (χ2n) is 5.24. The van der Waals surface area contributed by atoms with Crippen molar-refractivity contribution in [2.24, 2.45) is 0 Å². The maximum absolute atomic E-state index is 11.9. The summed E-state index contributed by atoms with van der Waals surface area (Å²) in [6.07, 6.45) is -0.107. The minimum absolute atomic E-state index is 0.107. The number of fused-ring (bicyclic) bond motifs is 1. The maximum atomic E-state index is 11.9. The standard InChI is InChI=1S/C14H16N2O3S2/c1-14(2,7-12(18)19)16-11(17)8-20-13-15-9-5-3-4-6-10(9)21-13/h3-6H,7-8H2,1-2H3,(H,16,17)(H,18,19). The smallest absolute Gasteiger partial charge is 0.305 e. The van der Waals surface area contributed by atoms with Crippen molar-refractivity contribution in [2.75, 3.05) is 5.75 Å². The van der Waals surface area contributed by atoms with Crippen LogP contribution < -0.4 is 5.32 Å². The molecule has 0 saturated carbocycles. The molecule has 0 atom stereocenters. The third kappa shape index (κ3) is 4.71. The van der Waals surface area contributed by atoms with Crippen LogP contribution in [0.25, 0.3) is 10.2 Å². The van der Waals surface area contributed by atoms with Crippen molar-refractivity contribution < 1.29 is 14.7 Å². The van der Waals surface area contributed by atoms with E-state index in [1.165, 1.54) is 11.8 Å². The molecule has 0 aliphatic carbocycles. The number of carboxylic acid groups (broad SMARTS) is 1. The first kappa shape index (κ1) is 15.8. The molecule has 0 aliphatic rings. The second kappa shape index (κ2) is 6.44. The van der Waals surface area contributed by atoms with Crippen molar-refractivity contribution in [3.63, 3.8) is 0 Å². The van der Waals surface area contributed by atoms with E-state index in [-0.39, 0.29) is 18.1 Å². The highest BCUT2D eigenvalue weighted by Crippen LogP contribution is 2.29. The summed E-state index contributed by atoms with van der Waals surface area (Å²) in [4.78, 5) is 27.0. The van der Waals surface area contributed by atoms with E-state index in [9.17, 15) is 9.59 Å². The molecule has 0 aliphatic heterocycles. The Bertz CT molecular complexity index is 634. The molecular weight excluding hydrogens is 308 g/mol. The lowest BCUT2D eigenvalue weighted by molar-refractivity contribution is -0.138. The van der Waals surface area contributed by atoms with E-state index >= 15 is 0 Å². The number of thiazole rings is 1. The molecular formula is C14H16N2O3S2. The average molecular weight is 324 g/mol. The van der Waals surface area contributed by atoms with E-state index in [1.54, 1.807) is 25.2 Å². The molecule has 21 heavy (non-hydrogen) atoms. The molecule has 2 N–H and O–H groups in total. The number of hydrogen-bond acceptors (Lipinski definition) is 5. The third-order valence-corrected chi connectivity index (χ3v) is 4.85. The number of amides is 1. The number of benzene rings is 1. The first-order valence-corrected chi connectivity index (χ1v) is 8.17. The third-order valence-electron chi connectivity index (χ3n) is 2.67. The quantitative estimate of drug-likeness (QED) is 0.799. The minimum Gasteiger partial charge on any atom is -0.481 e. The van der Waals surface area contributed by atoms with Crippen molar-refractivity contribution in [3.05, 3.63) is 24.3 Å². The number of aromatic nitrogens is 1. The van der Waals surface area contributed by atoms with Gasteiger partial charge in [-0.2, -0.15) is 0 Å². The van der Waals surface area contributed by atoms with Crippen molar-refractivity contribution in [3.8, 4) is 0 Å². The number of thioether (sulfide) groups is 1. The minimum atomic E-state index is -0.931. The Morgan fingerprint density at radius 1 is 1.38 bits per heavy atom. The summed E-state index contributed by atoms with van der Waals surface area (Å²) in [5, 5.41) is 11.5. The molecule has 2 aromatic rings. The van der Waals surface area contributed by atoms with Crippen LogP contribution in [-0.2, 0) is 9.59 Å². The molecule has 2 rings (SSSR count). The number of hydrogen-bond donors (Lipinski definition) is 2. The van der Waals surface area contributed by atoms with Gasteiger partial charge in [-0.25, -0.2) is 4.98 Å². The molecule has 0 fully saturated rings. The van der Waals surface area contributed by atoms with Crippen LogP contribution in [0.2, 0.25) is 0 Å². The lowest BCUT2D eigenvalue weighted by Crippen LogP contribution is -2.45. The molecule has 5 nitrogen and oxygen atoms in total.